The van der Waals surface area contributed by atoms with Crippen LogP contribution in [0.4, 0.5) is 17.1 Å². The van der Waals surface area contributed by atoms with Crippen molar-refractivity contribution in [2.45, 2.75) is 26.7 Å². The Kier molecular flexibility index (Phi) is 7.84. The summed E-state index contributed by atoms with van der Waals surface area (Å²) in [6, 6.07) is 61.7. The van der Waals surface area contributed by atoms with E-state index >= 15 is 0 Å². The van der Waals surface area contributed by atoms with Crippen molar-refractivity contribution in [1.29, 1.82) is 0 Å². The van der Waals surface area contributed by atoms with E-state index in [9.17, 15) is 0 Å². The molecule has 7 aromatic carbocycles. The molecule has 0 saturated heterocycles. The Labute approximate surface area is 283 Å². The molecule has 232 valence electrons. The number of nitrogens with zero attached hydrogens (tertiary/aromatic N) is 2. The van der Waals surface area contributed by atoms with Crippen molar-refractivity contribution in [3.05, 3.63) is 181 Å². The Morgan fingerprint density at radius 1 is 0.417 bits per heavy atom. The molecule has 0 N–H and O–H groups in total. The molecule has 8 rings (SSSR count). The summed E-state index contributed by atoms with van der Waals surface area (Å²) in [5.74, 6) is 0. The molecule has 0 atom stereocenters. The van der Waals surface area contributed by atoms with Crippen LogP contribution in [0.1, 0.15) is 25.0 Å². The van der Waals surface area contributed by atoms with Crippen LogP contribution >= 0.6 is 0 Å². The number of para-hydroxylation sites is 3. The Hall–Kier alpha value is -5.86. The highest BCUT2D eigenvalue weighted by atomic mass is 15.1. The maximum absolute atomic E-state index is 2.37. The molecule has 0 aliphatic heterocycles. The summed E-state index contributed by atoms with van der Waals surface area (Å²) in [5, 5.41) is 2.56. The first-order valence-corrected chi connectivity index (χ1v) is 17.0. The van der Waals surface area contributed by atoms with Crippen molar-refractivity contribution >= 4 is 38.9 Å². The third-order valence-electron chi connectivity index (χ3n) is 9.60. The second kappa shape index (κ2) is 12.7. The van der Waals surface area contributed by atoms with Gasteiger partial charge in [0.15, 0.2) is 0 Å². The normalized spacial score (nSPS) is 11.3. The molecule has 0 bridgehead atoms. The minimum atomic E-state index is 0.966. The zero-order valence-corrected chi connectivity index (χ0v) is 27.5. The first-order chi connectivity index (χ1) is 23.7. The van der Waals surface area contributed by atoms with E-state index < -0.39 is 0 Å². The van der Waals surface area contributed by atoms with E-state index in [1.54, 1.807) is 0 Å². The van der Waals surface area contributed by atoms with Gasteiger partial charge in [-0.2, -0.15) is 0 Å². The predicted octanol–water partition coefficient (Wildman–Crippen LogP) is 12.7. The minimum Gasteiger partial charge on any atom is -0.310 e. The van der Waals surface area contributed by atoms with E-state index in [2.05, 4.69) is 193 Å². The highest BCUT2D eigenvalue weighted by molar-refractivity contribution is 6.09. The average molecular weight is 619 g/mol. The Morgan fingerprint density at radius 2 is 0.917 bits per heavy atom. The lowest BCUT2D eigenvalue weighted by Crippen LogP contribution is -2.10. The SMILES string of the molecule is CCc1ccccc1-c1ccc(N(c2ccccc2)c2ccc(-c3ccc(-n4c5ccccc5c5ccccc54)cc3)cc2)cc1CC. The van der Waals surface area contributed by atoms with Gasteiger partial charge >= 0.3 is 0 Å². The summed E-state index contributed by atoms with van der Waals surface area (Å²) in [7, 11) is 0. The molecule has 0 amide bonds. The van der Waals surface area contributed by atoms with Crippen molar-refractivity contribution in [2.24, 2.45) is 0 Å². The van der Waals surface area contributed by atoms with Gasteiger partial charge in [0.1, 0.15) is 0 Å². The van der Waals surface area contributed by atoms with Gasteiger partial charge in [-0.25, -0.2) is 0 Å². The molecule has 48 heavy (non-hydrogen) atoms. The van der Waals surface area contributed by atoms with Crippen LogP contribution in [0, 0.1) is 0 Å². The molecule has 1 heterocycles. The molecule has 1 aromatic heterocycles. The monoisotopic (exact) mass is 618 g/mol. The van der Waals surface area contributed by atoms with Crippen LogP contribution in [0.15, 0.2) is 170 Å². The number of hydrogen-bond acceptors (Lipinski definition) is 1. The molecule has 0 spiro atoms. The van der Waals surface area contributed by atoms with Crippen molar-refractivity contribution in [3.8, 4) is 27.9 Å². The molecular formula is C46H38N2. The molecule has 0 aliphatic carbocycles. The predicted molar refractivity (Wildman–Crippen MR) is 205 cm³/mol. The van der Waals surface area contributed by atoms with Gasteiger partial charge in [0.2, 0.25) is 0 Å². The minimum absolute atomic E-state index is 0.966. The molecule has 0 unspecified atom stereocenters. The fraction of sp³-hybridized carbons (Fsp3) is 0.0870. The summed E-state index contributed by atoms with van der Waals surface area (Å²) in [5.41, 5.74) is 14.9. The topological polar surface area (TPSA) is 8.17 Å². The summed E-state index contributed by atoms with van der Waals surface area (Å²) in [6.45, 7) is 4.49. The molecule has 8 aromatic rings. The van der Waals surface area contributed by atoms with E-state index in [4.69, 9.17) is 0 Å². The third-order valence-corrected chi connectivity index (χ3v) is 9.60. The lowest BCUT2D eigenvalue weighted by molar-refractivity contribution is 1.11. The van der Waals surface area contributed by atoms with Gasteiger partial charge in [-0.05, 0) is 107 Å². The van der Waals surface area contributed by atoms with Gasteiger partial charge < -0.3 is 9.47 Å². The number of benzene rings is 7. The molecule has 0 saturated carbocycles. The molecular weight excluding hydrogens is 581 g/mol. The summed E-state index contributed by atoms with van der Waals surface area (Å²) in [6.07, 6.45) is 1.99. The van der Waals surface area contributed by atoms with E-state index in [0.29, 0.717) is 0 Å². The standard InChI is InChI=1S/C46H38N2/c1-3-33-14-8-9-17-41(33)42-31-30-40(32-34(42)4-2)47(37-15-6-5-7-16-37)38-26-22-35(23-27-38)36-24-28-39(29-25-36)48-45-20-12-10-18-43(45)44-19-11-13-21-46(44)48/h5-32H,3-4H2,1-2H3. The number of aromatic nitrogens is 1. The van der Waals surface area contributed by atoms with Gasteiger partial charge in [0, 0.05) is 33.5 Å². The van der Waals surface area contributed by atoms with Gasteiger partial charge in [-0.1, -0.05) is 123 Å². The number of anilines is 3. The highest BCUT2D eigenvalue weighted by Gasteiger charge is 2.16. The van der Waals surface area contributed by atoms with Gasteiger partial charge in [-0.3, -0.25) is 0 Å². The largest absolute Gasteiger partial charge is 0.310 e. The van der Waals surface area contributed by atoms with Crippen LogP contribution in [0.3, 0.4) is 0 Å². The van der Waals surface area contributed by atoms with Crippen molar-refractivity contribution in [2.75, 3.05) is 4.90 Å². The van der Waals surface area contributed by atoms with Crippen LogP contribution in [-0.2, 0) is 12.8 Å². The van der Waals surface area contributed by atoms with Gasteiger partial charge in [-0.15, -0.1) is 0 Å². The number of fused-ring (bicyclic) bond motifs is 3. The number of hydrogen-bond donors (Lipinski definition) is 0. The molecule has 2 heteroatoms. The molecule has 0 fully saturated rings. The maximum atomic E-state index is 2.37. The lowest BCUT2D eigenvalue weighted by atomic mass is 9.92. The van der Waals surface area contributed by atoms with Crippen LogP contribution in [-0.4, -0.2) is 4.57 Å². The number of aryl methyl sites for hydroxylation is 2. The maximum Gasteiger partial charge on any atom is 0.0541 e. The van der Waals surface area contributed by atoms with E-state index in [1.165, 1.54) is 66.6 Å². The summed E-state index contributed by atoms with van der Waals surface area (Å²) >= 11 is 0. The molecule has 2 nitrogen and oxygen atoms in total. The summed E-state index contributed by atoms with van der Waals surface area (Å²) < 4.78 is 2.37. The fourth-order valence-corrected chi connectivity index (χ4v) is 7.20. The van der Waals surface area contributed by atoms with Crippen LogP contribution in [0.5, 0.6) is 0 Å². The number of rotatable bonds is 8. The van der Waals surface area contributed by atoms with Crippen LogP contribution in [0.25, 0.3) is 49.7 Å². The smallest absolute Gasteiger partial charge is 0.0541 e. The zero-order valence-electron chi connectivity index (χ0n) is 27.5. The zero-order chi connectivity index (χ0) is 32.5. The Morgan fingerprint density at radius 3 is 1.56 bits per heavy atom. The first-order valence-electron chi connectivity index (χ1n) is 17.0. The van der Waals surface area contributed by atoms with Gasteiger partial charge in [0.05, 0.1) is 11.0 Å². The molecule has 0 aliphatic rings. The van der Waals surface area contributed by atoms with Crippen LogP contribution in [0.2, 0.25) is 0 Å². The molecule has 0 radical (unpaired) electrons. The van der Waals surface area contributed by atoms with E-state index in [0.717, 1.165) is 24.2 Å². The van der Waals surface area contributed by atoms with Crippen molar-refractivity contribution < 1.29 is 0 Å². The summed E-state index contributed by atoms with van der Waals surface area (Å²) in [4.78, 5) is 2.36. The van der Waals surface area contributed by atoms with Crippen LogP contribution < -0.4 is 4.90 Å². The van der Waals surface area contributed by atoms with Gasteiger partial charge in [0.25, 0.3) is 0 Å². The quantitative estimate of drug-likeness (QED) is 0.164. The Bertz CT molecular complexity index is 2290. The highest BCUT2D eigenvalue weighted by Crippen LogP contribution is 2.39. The average Bonchev–Trinajstić information content (AvgIpc) is 3.50. The van der Waals surface area contributed by atoms with E-state index in [1.807, 2.05) is 0 Å². The lowest BCUT2D eigenvalue weighted by Gasteiger charge is -2.27. The first kappa shape index (κ1) is 29.5. The second-order valence-electron chi connectivity index (χ2n) is 12.3. The van der Waals surface area contributed by atoms with Crippen molar-refractivity contribution in [3.63, 3.8) is 0 Å². The second-order valence-corrected chi connectivity index (χ2v) is 12.3. The Balaban J connectivity index is 1.14. The van der Waals surface area contributed by atoms with E-state index in [-0.39, 0.29) is 0 Å². The third kappa shape index (κ3) is 5.26. The van der Waals surface area contributed by atoms with Crippen molar-refractivity contribution in [1.82, 2.24) is 4.57 Å². The fourth-order valence-electron chi connectivity index (χ4n) is 7.20.